The monoisotopic (exact) mass is 484 g/mol. The van der Waals surface area contributed by atoms with E-state index >= 15 is 0 Å². The van der Waals surface area contributed by atoms with Crippen molar-refractivity contribution in [2.45, 2.75) is 19.5 Å². The van der Waals surface area contributed by atoms with Gasteiger partial charge in [0.25, 0.3) is 5.91 Å². The average Bonchev–Trinajstić information content (AvgIpc) is 2.74. The number of halogens is 1. The van der Waals surface area contributed by atoms with Gasteiger partial charge in [-0.25, -0.2) is 10.2 Å². The van der Waals surface area contributed by atoms with Gasteiger partial charge >= 0.3 is 6.03 Å². The van der Waals surface area contributed by atoms with Crippen LogP contribution in [0, 0.1) is 17.2 Å². The summed E-state index contributed by atoms with van der Waals surface area (Å²) in [5.41, 5.74) is 4.68. The Morgan fingerprint density at radius 1 is 1.03 bits per heavy atom. The molecule has 0 bridgehead atoms. The predicted octanol–water partition coefficient (Wildman–Crippen LogP) is -0.260. The summed E-state index contributed by atoms with van der Waals surface area (Å²) >= 11 is 0. The number of carbonyl (C=O) groups excluding carboxylic acids is 2. The lowest BCUT2D eigenvalue weighted by Crippen LogP contribution is -3.00. The second-order valence-electron chi connectivity index (χ2n) is 8.98. The lowest BCUT2D eigenvalue weighted by atomic mass is 10.1. The van der Waals surface area contributed by atoms with Gasteiger partial charge in [-0.2, -0.15) is 10.4 Å². The van der Waals surface area contributed by atoms with Crippen molar-refractivity contribution in [3.05, 3.63) is 71.8 Å². The Bertz CT molecular complexity index is 913. The number of hydrogen-bond donors (Lipinski definition) is 2. The van der Waals surface area contributed by atoms with Crippen molar-refractivity contribution >= 4 is 18.2 Å². The second-order valence-corrected chi connectivity index (χ2v) is 8.98. The van der Waals surface area contributed by atoms with Crippen LogP contribution in [0.1, 0.15) is 17.5 Å². The number of likely N-dealkylation sites (N-methyl/N-ethyl adjacent to an activating group) is 1. The van der Waals surface area contributed by atoms with Gasteiger partial charge in [0.05, 0.1) is 27.2 Å². The van der Waals surface area contributed by atoms with Crippen LogP contribution in [0.2, 0.25) is 0 Å². The van der Waals surface area contributed by atoms with E-state index in [0.717, 1.165) is 13.1 Å². The Hall–Kier alpha value is -3.25. The summed E-state index contributed by atoms with van der Waals surface area (Å²) in [5, 5.41) is 15.5. The molecule has 0 aliphatic carbocycles. The number of benzene rings is 2. The van der Waals surface area contributed by atoms with E-state index in [9.17, 15) is 14.9 Å². The van der Waals surface area contributed by atoms with E-state index in [4.69, 9.17) is 0 Å². The molecule has 0 saturated heterocycles. The van der Waals surface area contributed by atoms with Crippen molar-refractivity contribution in [1.82, 2.24) is 15.6 Å². The van der Waals surface area contributed by atoms with Crippen LogP contribution < -0.4 is 23.1 Å². The zero-order valence-electron chi connectivity index (χ0n) is 19.9. The van der Waals surface area contributed by atoms with E-state index in [1.54, 1.807) is 6.21 Å². The van der Waals surface area contributed by atoms with E-state index in [0.29, 0.717) is 11.0 Å². The first-order valence-corrected chi connectivity index (χ1v) is 10.9. The average molecular weight is 485 g/mol. The van der Waals surface area contributed by atoms with E-state index in [2.05, 4.69) is 51.1 Å². The molecular weight excluding hydrogens is 452 g/mol. The smallest absolute Gasteiger partial charge is 0.341 e. The Kier molecular flexibility index (Phi) is 12.5. The van der Waals surface area contributed by atoms with Crippen molar-refractivity contribution in [2.24, 2.45) is 11.0 Å². The second kappa shape index (κ2) is 14.8. The number of hydrazone groups is 1. The maximum Gasteiger partial charge on any atom is 0.341 e. The van der Waals surface area contributed by atoms with Crippen LogP contribution in [0.4, 0.5) is 4.79 Å². The molecule has 0 aliphatic heterocycles. The molecule has 0 saturated carbocycles. The van der Waals surface area contributed by atoms with Crippen LogP contribution in [-0.4, -0.2) is 61.8 Å². The molecule has 1 atom stereocenters. The van der Waals surface area contributed by atoms with Crippen LogP contribution in [0.3, 0.4) is 0 Å². The molecule has 2 aromatic rings. The molecule has 9 heteroatoms. The highest BCUT2D eigenvalue weighted by Gasteiger charge is 2.17. The van der Waals surface area contributed by atoms with E-state index in [1.807, 2.05) is 57.5 Å². The number of nitriles is 1. The van der Waals surface area contributed by atoms with Gasteiger partial charge in [0.2, 0.25) is 0 Å². The summed E-state index contributed by atoms with van der Waals surface area (Å²) < 4.78 is 0.408. The summed E-state index contributed by atoms with van der Waals surface area (Å²) in [5.74, 6) is -0.578. The minimum Gasteiger partial charge on any atom is -1.00 e. The fraction of sp³-hybridized carbons (Fsp3) is 0.360. The third kappa shape index (κ3) is 12.1. The highest BCUT2D eigenvalue weighted by molar-refractivity contribution is 5.94. The number of urea groups is 1. The van der Waals surface area contributed by atoms with Crippen molar-refractivity contribution in [3.63, 3.8) is 0 Å². The first kappa shape index (κ1) is 28.8. The topological polar surface area (TPSA) is 97.6 Å². The van der Waals surface area contributed by atoms with Crippen molar-refractivity contribution < 1.29 is 26.5 Å². The van der Waals surface area contributed by atoms with Crippen molar-refractivity contribution in [3.8, 4) is 6.07 Å². The highest BCUT2D eigenvalue weighted by atomic mass is 35.5. The molecule has 3 amide bonds. The molecule has 8 nitrogen and oxygen atoms in total. The van der Waals surface area contributed by atoms with Crippen molar-refractivity contribution in [2.75, 3.05) is 34.2 Å². The maximum absolute atomic E-state index is 11.9. The molecule has 0 radical (unpaired) electrons. The number of carbonyl (C=O) groups is 2. The Morgan fingerprint density at radius 2 is 1.56 bits per heavy atom. The number of quaternary nitrogens is 1. The molecule has 2 rings (SSSR count). The van der Waals surface area contributed by atoms with E-state index in [1.165, 1.54) is 11.1 Å². The number of hydrogen-bond acceptors (Lipinski definition) is 5. The summed E-state index contributed by atoms with van der Waals surface area (Å²) in [6.45, 7) is 2.20. The standard InChI is InChI=1S/C25H32N6O2.ClH/c1-31(2,3)20-24(32)28-25(33)29-27-16-23(14-15-26)19-30(17-21-10-6-4-7-11-21)18-22-12-8-5-9-13-22;/h4-13,16,23H,14,17-20H2,1-3H3,(H-,28,29,32,33);1H/b27-16-;. The van der Waals surface area contributed by atoms with Crippen LogP contribution in [0.25, 0.3) is 0 Å². The van der Waals surface area contributed by atoms with Gasteiger partial charge in [0.1, 0.15) is 0 Å². The minimum absolute atomic E-state index is 0. The molecule has 34 heavy (non-hydrogen) atoms. The molecule has 0 aliphatic rings. The highest BCUT2D eigenvalue weighted by Crippen LogP contribution is 2.13. The van der Waals surface area contributed by atoms with Gasteiger partial charge in [-0.15, -0.1) is 0 Å². The van der Waals surface area contributed by atoms with Gasteiger partial charge in [0, 0.05) is 38.2 Å². The molecule has 0 fully saturated rings. The maximum atomic E-state index is 11.9. The molecule has 2 aromatic carbocycles. The number of rotatable bonds is 11. The third-order valence-electron chi connectivity index (χ3n) is 4.67. The lowest BCUT2D eigenvalue weighted by Gasteiger charge is -2.25. The fourth-order valence-electron chi connectivity index (χ4n) is 3.31. The van der Waals surface area contributed by atoms with Gasteiger partial charge < -0.3 is 16.9 Å². The first-order chi connectivity index (χ1) is 15.7. The van der Waals surface area contributed by atoms with Crippen LogP contribution >= 0.6 is 0 Å². The Balaban J connectivity index is 0.00000578. The number of nitrogens with zero attached hydrogens (tertiary/aromatic N) is 4. The van der Waals surface area contributed by atoms with Crippen LogP contribution in [-0.2, 0) is 17.9 Å². The number of amides is 3. The molecular formula is C25H33ClN6O2. The molecule has 182 valence electrons. The molecule has 0 aromatic heterocycles. The molecule has 1 unspecified atom stereocenters. The van der Waals surface area contributed by atoms with Crippen molar-refractivity contribution in [1.29, 1.82) is 5.26 Å². The SMILES string of the molecule is C[N+](C)(C)CC(=O)NC(=O)N/N=C\C(CC#N)CN(Cc1ccccc1)Cc1ccccc1.[Cl-]. The van der Waals surface area contributed by atoms with Gasteiger partial charge in [-0.05, 0) is 11.1 Å². The van der Waals surface area contributed by atoms with Gasteiger partial charge in [-0.1, -0.05) is 60.7 Å². The normalized spacial score (nSPS) is 12.0. The largest absolute Gasteiger partial charge is 1.00 e. The first-order valence-electron chi connectivity index (χ1n) is 10.9. The predicted molar refractivity (Wildman–Crippen MR) is 129 cm³/mol. The summed E-state index contributed by atoms with van der Waals surface area (Å²) in [4.78, 5) is 26.1. The Labute approximate surface area is 208 Å². The minimum atomic E-state index is -0.689. The van der Waals surface area contributed by atoms with E-state index in [-0.39, 0.29) is 37.2 Å². The lowest BCUT2D eigenvalue weighted by molar-refractivity contribution is -0.862. The zero-order valence-corrected chi connectivity index (χ0v) is 20.7. The van der Waals surface area contributed by atoms with E-state index < -0.39 is 6.03 Å². The summed E-state index contributed by atoms with van der Waals surface area (Å²) in [6, 6.07) is 21.8. The zero-order chi connectivity index (χ0) is 24.1. The third-order valence-corrected chi connectivity index (χ3v) is 4.67. The Morgan fingerprint density at radius 3 is 2.03 bits per heavy atom. The quantitative estimate of drug-likeness (QED) is 0.261. The fourth-order valence-corrected chi connectivity index (χ4v) is 3.31. The van der Waals surface area contributed by atoms with Gasteiger partial charge in [0.15, 0.2) is 6.54 Å². The van der Waals surface area contributed by atoms with Crippen LogP contribution in [0.15, 0.2) is 65.8 Å². The van der Waals surface area contributed by atoms with Gasteiger partial charge in [-0.3, -0.25) is 15.0 Å². The number of nitrogens with one attached hydrogen (secondary N) is 2. The molecule has 0 heterocycles. The molecule has 2 N–H and O–H groups in total. The molecule has 0 spiro atoms. The number of imide groups is 1. The summed E-state index contributed by atoms with van der Waals surface area (Å²) in [7, 11) is 5.58. The summed E-state index contributed by atoms with van der Waals surface area (Å²) in [6.07, 6.45) is 1.82. The van der Waals surface area contributed by atoms with Crippen LogP contribution in [0.5, 0.6) is 0 Å².